The van der Waals surface area contributed by atoms with Crippen LogP contribution in [-0.4, -0.2) is 43.1 Å². The topological polar surface area (TPSA) is 137 Å². The van der Waals surface area contributed by atoms with E-state index in [4.69, 9.17) is 9.47 Å². The Morgan fingerprint density at radius 1 is 1.19 bits per heavy atom. The van der Waals surface area contributed by atoms with Crippen LogP contribution in [0, 0.1) is 22.0 Å². The minimum atomic E-state index is -4.19. The molecule has 0 aliphatic heterocycles. The van der Waals surface area contributed by atoms with Crippen molar-refractivity contribution in [3.8, 4) is 0 Å². The fourth-order valence-electron chi connectivity index (χ4n) is 3.07. The molecular formula is C21H31N3O7S. The Morgan fingerprint density at radius 3 is 2.19 bits per heavy atom. The summed E-state index contributed by atoms with van der Waals surface area (Å²) in [6.07, 6.45) is 0.817. The van der Waals surface area contributed by atoms with E-state index < -0.39 is 38.6 Å². The van der Waals surface area contributed by atoms with E-state index in [1.807, 2.05) is 0 Å². The summed E-state index contributed by atoms with van der Waals surface area (Å²) >= 11 is 0. The van der Waals surface area contributed by atoms with Crippen molar-refractivity contribution in [3.05, 3.63) is 34.4 Å². The third-order valence-corrected chi connectivity index (χ3v) is 5.94. The number of nitro groups is 1. The van der Waals surface area contributed by atoms with Gasteiger partial charge in [-0.25, -0.2) is 4.79 Å². The number of alkyl carbamates (subject to hydrolysis) is 1. The van der Waals surface area contributed by atoms with Crippen LogP contribution in [0.5, 0.6) is 0 Å². The van der Waals surface area contributed by atoms with Crippen LogP contribution in [0.15, 0.2) is 33.6 Å². The molecule has 1 saturated carbocycles. The van der Waals surface area contributed by atoms with Crippen LogP contribution in [0.1, 0.15) is 54.4 Å². The van der Waals surface area contributed by atoms with Crippen molar-refractivity contribution in [2.75, 3.05) is 0 Å². The number of ether oxygens (including phenoxy) is 2. The van der Waals surface area contributed by atoms with Crippen LogP contribution < -0.4 is 5.32 Å². The van der Waals surface area contributed by atoms with Gasteiger partial charge in [-0.05, 0) is 65.5 Å². The van der Waals surface area contributed by atoms with E-state index in [-0.39, 0.29) is 28.5 Å². The molecule has 1 aliphatic carbocycles. The van der Waals surface area contributed by atoms with Gasteiger partial charge in [0.2, 0.25) is 5.90 Å². The number of hydrogen-bond acceptors (Lipinski definition) is 7. The van der Waals surface area contributed by atoms with Gasteiger partial charge in [0.15, 0.2) is 0 Å². The molecule has 11 heteroatoms. The number of nitrogens with one attached hydrogen (secondary N) is 1. The first-order chi connectivity index (χ1) is 14.7. The Kier molecular flexibility index (Phi) is 7.87. The van der Waals surface area contributed by atoms with Gasteiger partial charge in [0, 0.05) is 18.2 Å². The highest BCUT2D eigenvalue weighted by atomic mass is 32.2. The molecule has 32 heavy (non-hydrogen) atoms. The number of hydrogen-bond donors (Lipinski definition) is 1. The van der Waals surface area contributed by atoms with E-state index in [1.165, 1.54) is 0 Å². The first-order valence-corrected chi connectivity index (χ1v) is 11.9. The molecule has 1 amide bonds. The van der Waals surface area contributed by atoms with E-state index in [1.54, 1.807) is 41.5 Å². The van der Waals surface area contributed by atoms with Gasteiger partial charge in [-0.1, -0.05) is 6.92 Å². The Morgan fingerprint density at radius 2 is 1.75 bits per heavy atom. The van der Waals surface area contributed by atoms with Gasteiger partial charge in [-0.3, -0.25) is 10.1 Å². The molecular weight excluding hydrogens is 438 g/mol. The largest absolute Gasteiger partial charge is 0.477 e. The van der Waals surface area contributed by atoms with Crippen molar-refractivity contribution in [1.29, 1.82) is 0 Å². The van der Waals surface area contributed by atoms with Gasteiger partial charge in [-0.2, -0.15) is 8.42 Å². The summed E-state index contributed by atoms with van der Waals surface area (Å²) in [5.41, 5.74) is -0.901. The maximum Gasteiger partial charge on any atom is 0.407 e. The van der Waals surface area contributed by atoms with E-state index >= 15 is 0 Å². The summed E-state index contributed by atoms with van der Waals surface area (Å²) in [6.45, 7) is 10.5. The molecule has 178 valence electrons. The average molecular weight is 470 g/mol. The third-order valence-electron chi connectivity index (χ3n) is 4.65. The van der Waals surface area contributed by atoms with E-state index in [0.717, 1.165) is 37.1 Å². The number of amides is 1. The zero-order valence-electron chi connectivity index (χ0n) is 19.2. The highest BCUT2D eigenvalue weighted by molar-refractivity contribution is 7.90. The van der Waals surface area contributed by atoms with Crippen molar-refractivity contribution in [3.63, 3.8) is 0 Å². The number of nitro benzene ring substituents is 1. The fourth-order valence-corrected chi connectivity index (χ4v) is 4.10. The second-order valence-electron chi connectivity index (χ2n) is 9.12. The number of rotatable bonds is 8. The third kappa shape index (κ3) is 7.47. The monoisotopic (exact) mass is 469 g/mol. The van der Waals surface area contributed by atoms with Gasteiger partial charge in [0.25, 0.3) is 15.7 Å². The van der Waals surface area contributed by atoms with Crippen LogP contribution in [-0.2, 0) is 19.5 Å². The SMILES string of the molecule is CC(C)OC(=NS(=O)(=O)c1ccc([N+](=O)[O-])cc1)C(C)C(NC(=O)OC(C)(C)C)C1CC1. The molecule has 0 aromatic heterocycles. The van der Waals surface area contributed by atoms with Crippen LogP contribution in [0.25, 0.3) is 0 Å². The molecule has 0 radical (unpaired) electrons. The van der Waals surface area contributed by atoms with Crippen LogP contribution in [0.3, 0.4) is 0 Å². The molecule has 2 unspecified atom stereocenters. The van der Waals surface area contributed by atoms with Gasteiger partial charge in [0.1, 0.15) is 5.60 Å². The minimum Gasteiger partial charge on any atom is -0.477 e. The number of nitrogens with zero attached hydrogens (tertiary/aromatic N) is 2. The number of benzene rings is 1. The first kappa shape index (κ1) is 25.6. The summed E-state index contributed by atoms with van der Waals surface area (Å²) < 4.78 is 40.8. The molecule has 0 heterocycles. The molecule has 0 spiro atoms. The van der Waals surface area contributed by atoms with Gasteiger partial charge in [0.05, 0.1) is 21.8 Å². The van der Waals surface area contributed by atoms with Gasteiger partial charge in [-0.15, -0.1) is 4.40 Å². The summed E-state index contributed by atoms with van der Waals surface area (Å²) in [7, 11) is -4.19. The van der Waals surface area contributed by atoms with E-state index in [9.17, 15) is 23.3 Å². The Labute approximate surface area is 188 Å². The molecule has 0 bridgehead atoms. The smallest absolute Gasteiger partial charge is 0.407 e. The number of carbonyl (C=O) groups excluding carboxylic acids is 1. The molecule has 1 N–H and O–H groups in total. The predicted octanol–water partition coefficient (Wildman–Crippen LogP) is 4.05. The van der Waals surface area contributed by atoms with E-state index in [0.29, 0.717) is 0 Å². The normalized spacial score (nSPS) is 16.9. The lowest BCUT2D eigenvalue weighted by molar-refractivity contribution is -0.384. The average Bonchev–Trinajstić information content (AvgIpc) is 3.48. The van der Waals surface area contributed by atoms with Crippen molar-refractivity contribution in [2.45, 2.75) is 77.0 Å². The van der Waals surface area contributed by atoms with Gasteiger partial charge < -0.3 is 14.8 Å². The molecule has 1 fully saturated rings. The van der Waals surface area contributed by atoms with Crippen LogP contribution >= 0.6 is 0 Å². The van der Waals surface area contributed by atoms with Crippen LogP contribution in [0.4, 0.5) is 10.5 Å². The summed E-state index contributed by atoms with van der Waals surface area (Å²) in [6, 6.07) is 4.05. The van der Waals surface area contributed by atoms with Crippen molar-refractivity contribution >= 4 is 27.7 Å². The highest BCUT2D eigenvalue weighted by Gasteiger charge is 2.40. The standard InChI is InChI=1S/C21H31N3O7S/c1-13(2)30-19(23-32(28,29)17-11-9-16(10-12-17)24(26)27)14(3)18(15-7-8-15)22-20(25)31-21(4,5)6/h9-15,18H,7-8H2,1-6H3,(H,22,25). The first-order valence-electron chi connectivity index (χ1n) is 10.4. The van der Waals surface area contributed by atoms with Crippen molar-refractivity contribution < 1.29 is 27.6 Å². The lowest BCUT2D eigenvalue weighted by Crippen LogP contribution is -2.46. The molecule has 2 atom stereocenters. The fraction of sp³-hybridized carbons (Fsp3) is 0.619. The second-order valence-corrected chi connectivity index (χ2v) is 10.7. The molecule has 0 saturated heterocycles. The molecule has 1 aromatic rings. The molecule has 2 rings (SSSR count). The Balaban J connectivity index is 2.34. The van der Waals surface area contributed by atoms with Crippen molar-refractivity contribution in [1.82, 2.24) is 5.32 Å². The van der Waals surface area contributed by atoms with Crippen molar-refractivity contribution in [2.24, 2.45) is 16.2 Å². The summed E-state index contributed by atoms with van der Waals surface area (Å²) in [5.74, 6) is -0.433. The molecule has 10 nitrogen and oxygen atoms in total. The number of sulfonamides is 1. The Hall–Kier alpha value is -2.69. The lowest BCUT2D eigenvalue weighted by atomic mass is 9.97. The number of non-ortho nitro benzene ring substituents is 1. The van der Waals surface area contributed by atoms with Gasteiger partial charge >= 0.3 is 6.09 Å². The minimum absolute atomic E-state index is 0.0358. The zero-order chi connectivity index (χ0) is 24.3. The summed E-state index contributed by atoms with van der Waals surface area (Å²) in [4.78, 5) is 22.4. The summed E-state index contributed by atoms with van der Waals surface area (Å²) in [5, 5.41) is 13.7. The second kappa shape index (κ2) is 9.85. The van der Waals surface area contributed by atoms with E-state index in [2.05, 4.69) is 9.71 Å². The highest BCUT2D eigenvalue weighted by Crippen LogP contribution is 2.37. The predicted molar refractivity (Wildman–Crippen MR) is 119 cm³/mol. The Bertz CT molecular complexity index is 962. The zero-order valence-corrected chi connectivity index (χ0v) is 20.0. The molecule has 1 aliphatic rings. The lowest BCUT2D eigenvalue weighted by Gasteiger charge is -2.28. The number of carbonyl (C=O) groups is 1. The molecule has 1 aromatic carbocycles. The van der Waals surface area contributed by atoms with Crippen LogP contribution in [0.2, 0.25) is 0 Å². The maximum atomic E-state index is 12.9. The quantitative estimate of drug-likeness (QED) is 0.262. The maximum absolute atomic E-state index is 12.9.